The monoisotopic (exact) mass is 315 g/mol. The number of anilines is 2. The van der Waals surface area contributed by atoms with Gasteiger partial charge in [0.2, 0.25) is 0 Å². The van der Waals surface area contributed by atoms with E-state index in [0.717, 1.165) is 32.1 Å². The van der Waals surface area contributed by atoms with Crippen LogP contribution in [-0.4, -0.2) is 31.3 Å². The number of hydrogen-bond donors (Lipinski definition) is 1. The molecule has 1 aromatic carbocycles. The largest absolute Gasteiger partial charge is 0.457 e. The minimum Gasteiger partial charge on any atom is -0.457 e. The number of aromatic nitrogens is 1. The molecular formula is C17H18FN3O2. The van der Waals surface area contributed by atoms with E-state index in [0.29, 0.717) is 23.3 Å². The Kier molecular flexibility index (Phi) is 3.53. The Morgan fingerprint density at radius 3 is 2.61 bits per heavy atom. The van der Waals surface area contributed by atoms with Crippen LogP contribution >= 0.6 is 0 Å². The van der Waals surface area contributed by atoms with E-state index in [9.17, 15) is 4.39 Å². The Morgan fingerprint density at radius 2 is 1.87 bits per heavy atom. The summed E-state index contributed by atoms with van der Waals surface area (Å²) < 4.78 is 24.7. The van der Waals surface area contributed by atoms with Crippen LogP contribution in [0.1, 0.15) is 0 Å². The average molecular weight is 315 g/mol. The van der Waals surface area contributed by atoms with E-state index in [4.69, 9.17) is 15.2 Å². The summed E-state index contributed by atoms with van der Waals surface area (Å²) in [4.78, 5) is 6.69. The van der Waals surface area contributed by atoms with E-state index in [-0.39, 0.29) is 5.69 Å². The van der Waals surface area contributed by atoms with Crippen molar-refractivity contribution in [1.82, 2.24) is 4.98 Å². The fourth-order valence-corrected chi connectivity index (χ4v) is 3.22. The highest BCUT2D eigenvalue weighted by Gasteiger charge is 2.37. The Morgan fingerprint density at radius 1 is 1.13 bits per heavy atom. The summed E-state index contributed by atoms with van der Waals surface area (Å²) in [5, 5.41) is 0. The summed E-state index contributed by atoms with van der Waals surface area (Å²) in [5.74, 6) is 2.63. The zero-order valence-electron chi connectivity index (χ0n) is 12.6. The topological polar surface area (TPSA) is 60.6 Å². The summed E-state index contributed by atoms with van der Waals surface area (Å²) in [6.45, 7) is 3.58. The molecule has 5 nitrogen and oxygen atoms in total. The Bertz CT molecular complexity index is 713. The Balaban J connectivity index is 1.51. The van der Waals surface area contributed by atoms with Gasteiger partial charge in [-0.2, -0.15) is 0 Å². The fraction of sp³-hybridized carbons (Fsp3) is 0.353. The summed E-state index contributed by atoms with van der Waals surface area (Å²) >= 11 is 0. The highest BCUT2D eigenvalue weighted by Crippen LogP contribution is 2.33. The third-order valence-corrected chi connectivity index (χ3v) is 4.49. The van der Waals surface area contributed by atoms with Crippen LogP contribution < -0.4 is 15.4 Å². The first-order valence-corrected chi connectivity index (χ1v) is 7.70. The van der Waals surface area contributed by atoms with E-state index in [2.05, 4.69) is 9.88 Å². The minimum absolute atomic E-state index is 0.110. The smallest absolute Gasteiger partial charge is 0.149 e. The number of rotatable bonds is 3. The molecular weight excluding hydrogens is 297 g/mol. The fourth-order valence-electron chi connectivity index (χ4n) is 3.22. The van der Waals surface area contributed by atoms with Crippen molar-refractivity contribution < 1.29 is 13.9 Å². The average Bonchev–Trinajstić information content (AvgIpc) is 3.13. The van der Waals surface area contributed by atoms with Crippen LogP contribution in [0.4, 0.5) is 15.9 Å². The van der Waals surface area contributed by atoms with Crippen molar-refractivity contribution in [1.29, 1.82) is 0 Å². The molecule has 4 rings (SSSR count). The molecule has 0 saturated carbocycles. The van der Waals surface area contributed by atoms with Crippen LogP contribution in [0, 0.1) is 17.7 Å². The first-order valence-electron chi connectivity index (χ1n) is 7.70. The molecule has 2 N–H and O–H groups in total. The number of nitrogens with zero attached hydrogens (tertiary/aromatic N) is 2. The van der Waals surface area contributed by atoms with Crippen LogP contribution in [0.3, 0.4) is 0 Å². The quantitative estimate of drug-likeness (QED) is 0.883. The number of nitrogen functional groups attached to an aromatic ring is 1. The van der Waals surface area contributed by atoms with Gasteiger partial charge in [0.15, 0.2) is 0 Å². The summed E-state index contributed by atoms with van der Waals surface area (Å²) in [6, 6.07) is 8.07. The van der Waals surface area contributed by atoms with E-state index in [1.54, 1.807) is 18.3 Å². The van der Waals surface area contributed by atoms with Crippen LogP contribution in [0.25, 0.3) is 0 Å². The zero-order valence-corrected chi connectivity index (χ0v) is 12.6. The van der Waals surface area contributed by atoms with Crippen LogP contribution in [0.15, 0.2) is 36.5 Å². The molecule has 23 heavy (non-hydrogen) atoms. The van der Waals surface area contributed by atoms with Crippen molar-refractivity contribution >= 4 is 11.5 Å². The van der Waals surface area contributed by atoms with Gasteiger partial charge in [0.1, 0.15) is 23.1 Å². The molecule has 2 aliphatic heterocycles. The van der Waals surface area contributed by atoms with Gasteiger partial charge in [-0.3, -0.25) is 0 Å². The first-order chi connectivity index (χ1) is 11.2. The maximum atomic E-state index is 13.5. The lowest BCUT2D eigenvalue weighted by atomic mass is 10.0. The predicted octanol–water partition coefficient (Wildman–Crippen LogP) is 2.68. The van der Waals surface area contributed by atoms with Crippen molar-refractivity contribution in [3.63, 3.8) is 0 Å². The zero-order chi connectivity index (χ0) is 15.8. The molecule has 0 aliphatic carbocycles. The number of nitrogens with two attached hydrogens (primary N) is 1. The molecule has 1 aromatic heterocycles. The number of ether oxygens (including phenoxy) is 2. The number of benzene rings is 1. The molecule has 0 amide bonds. The van der Waals surface area contributed by atoms with E-state index in [1.165, 1.54) is 12.1 Å². The second kappa shape index (κ2) is 5.70. The van der Waals surface area contributed by atoms with Gasteiger partial charge in [-0.15, -0.1) is 0 Å². The Hall–Kier alpha value is -2.34. The van der Waals surface area contributed by atoms with Crippen LogP contribution in [0.2, 0.25) is 0 Å². The summed E-state index contributed by atoms with van der Waals surface area (Å²) in [7, 11) is 0. The molecule has 0 unspecified atom stereocenters. The molecule has 3 heterocycles. The Labute approximate surface area is 133 Å². The van der Waals surface area contributed by atoms with E-state index >= 15 is 0 Å². The van der Waals surface area contributed by atoms with Gasteiger partial charge in [0.25, 0.3) is 0 Å². The summed E-state index contributed by atoms with van der Waals surface area (Å²) in [6.07, 6.45) is 1.71. The van der Waals surface area contributed by atoms with E-state index in [1.807, 2.05) is 6.07 Å². The van der Waals surface area contributed by atoms with Gasteiger partial charge in [0.05, 0.1) is 18.9 Å². The summed E-state index contributed by atoms with van der Waals surface area (Å²) in [5.41, 5.74) is 5.59. The van der Waals surface area contributed by atoms with Crippen molar-refractivity contribution in [2.45, 2.75) is 0 Å². The number of halogens is 1. The van der Waals surface area contributed by atoms with Gasteiger partial charge >= 0.3 is 0 Å². The second-order valence-corrected chi connectivity index (χ2v) is 6.10. The molecule has 2 saturated heterocycles. The normalized spacial score (nSPS) is 23.1. The molecule has 2 fully saturated rings. The SMILES string of the molecule is Nc1ccc(Oc2ccnc(N3C[C@H]4COC[C@H]4C3)c2)cc1F. The van der Waals surface area contributed by atoms with Crippen molar-refractivity contribution in [3.8, 4) is 11.5 Å². The third-order valence-electron chi connectivity index (χ3n) is 4.49. The van der Waals surface area contributed by atoms with Gasteiger partial charge in [-0.1, -0.05) is 0 Å². The number of hydrogen-bond acceptors (Lipinski definition) is 5. The van der Waals surface area contributed by atoms with Crippen molar-refractivity contribution in [2.75, 3.05) is 36.9 Å². The van der Waals surface area contributed by atoms with E-state index < -0.39 is 5.82 Å². The van der Waals surface area contributed by atoms with Crippen molar-refractivity contribution in [2.24, 2.45) is 11.8 Å². The standard InChI is InChI=1S/C17H18FN3O2/c18-15-5-13(1-2-16(15)19)23-14-3-4-20-17(6-14)21-7-11-9-22-10-12(11)8-21/h1-6,11-12H,7-10,19H2/t11-,12+. The van der Waals surface area contributed by atoms with Crippen LogP contribution in [-0.2, 0) is 4.74 Å². The maximum Gasteiger partial charge on any atom is 0.149 e. The number of fused-ring (bicyclic) bond motifs is 1. The van der Waals surface area contributed by atoms with Crippen LogP contribution in [0.5, 0.6) is 11.5 Å². The lowest BCUT2D eigenvalue weighted by Gasteiger charge is -2.19. The van der Waals surface area contributed by atoms with Gasteiger partial charge in [-0.05, 0) is 18.2 Å². The first kappa shape index (κ1) is 14.3. The molecule has 0 bridgehead atoms. The van der Waals surface area contributed by atoms with Gasteiger partial charge < -0.3 is 20.1 Å². The lowest BCUT2D eigenvalue weighted by molar-refractivity contribution is 0.177. The molecule has 2 aliphatic rings. The predicted molar refractivity (Wildman–Crippen MR) is 85.1 cm³/mol. The molecule has 2 atom stereocenters. The lowest BCUT2D eigenvalue weighted by Crippen LogP contribution is -2.23. The molecule has 0 spiro atoms. The molecule has 6 heteroatoms. The second-order valence-electron chi connectivity index (χ2n) is 6.10. The highest BCUT2D eigenvalue weighted by atomic mass is 19.1. The number of pyridine rings is 1. The van der Waals surface area contributed by atoms with Crippen molar-refractivity contribution in [3.05, 3.63) is 42.3 Å². The molecule has 0 radical (unpaired) electrons. The minimum atomic E-state index is -0.482. The maximum absolute atomic E-state index is 13.5. The highest BCUT2D eigenvalue weighted by molar-refractivity contribution is 5.48. The third kappa shape index (κ3) is 2.82. The molecule has 120 valence electrons. The molecule has 2 aromatic rings. The van der Waals surface area contributed by atoms with Gasteiger partial charge in [-0.25, -0.2) is 9.37 Å². The van der Waals surface area contributed by atoms with Gasteiger partial charge in [0, 0.05) is 43.3 Å².